The van der Waals surface area contributed by atoms with E-state index in [9.17, 15) is 4.79 Å². The molecule has 118 valence electrons. The molecule has 6 heteroatoms. The Morgan fingerprint density at radius 1 is 1.41 bits per heavy atom. The van der Waals surface area contributed by atoms with Crippen LogP contribution in [-0.2, 0) is 16.0 Å². The van der Waals surface area contributed by atoms with Gasteiger partial charge in [-0.3, -0.25) is 4.79 Å². The molecule has 0 fully saturated rings. The Bertz CT molecular complexity index is 632. The van der Waals surface area contributed by atoms with Crippen molar-refractivity contribution in [2.45, 2.75) is 39.5 Å². The van der Waals surface area contributed by atoms with Crippen LogP contribution in [0, 0.1) is 0 Å². The zero-order valence-corrected chi connectivity index (χ0v) is 13.2. The van der Waals surface area contributed by atoms with Crippen molar-refractivity contribution in [2.24, 2.45) is 0 Å². The molecule has 0 aliphatic heterocycles. The number of nitrogens with two attached hydrogens (primary N) is 1. The smallest absolute Gasteiger partial charge is 0.306 e. The van der Waals surface area contributed by atoms with Gasteiger partial charge in [0.25, 0.3) is 0 Å². The summed E-state index contributed by atoms with van der Waals surface area (Å²) in [4.78, 5) is 15.8. The summed E-state index contributed by atoms with van der Waals surface area (Å²) in [7, 11) is 0. The van der Waals surface area contributed by atoms with Gasteiger partial charge in [-0.1, -0.05) is 13.8 Å². The van der Waals surface area contributed by atoms with Gasteiger partial charge in [-0.05, 0) is 37.0 Å². The van der Waals surface area contributed by atoms with Gasteiger partial charge in [0.15, 0.2) is 5.82 Å². The Labute approximate surface area is 130 Å². The van der Waals surface area contributed by atoms with Gasteiger partial charge in [-0.2, -0.15) is 5.10 Å². The van der Waals surface area contributed by atoms with Crippen LogP contribution in [0.15, 0.2) is 24.5 Å². The van der Waals surface area contributed by atoms with Crippen LogP contribution in [0.2, 0.25) is 0 Å². The number of pyridine rings is 1. The van der Waals surface area contributed by atoms with E-state index < -0.39 is 0 Å². The fraction of sp³-hybridized carbons (Fsp3) is 0.438. The lowest BCUT2D eigenvalue weighted by molar-refractivity contribution is -0.143. The van der Waals surface area contributed by atoms with Gasteiger partial charge < -0.3 is 10.5 Å². The van der Waals surface area contributed by atoms with Crippen LogP contribution in [0.1, 0.15) is 44.4 Å². The number of rotatable bonds is 6. The van der Waals surface area contributed by atoms with Crippen molar-refractivity contribution >= 4 is 11.7 Å². The number of carbonyl (C=O) groups excluding carboxylic acids is 1. The van der Waals surface area contributed by atoms with Crippen molar-refractivity contribution in [3.63, 3.8) is 0 Å². The normalized spacial score (nSPS) is 10.9. The monoisotopic (exact) mass is 302 g/mol. The maximum absolute atomic E-state index is 11.5. The topological polar surface area (TPSA) is 83.0 Å². The average molecular weight is 302 g/mol. The van der Waals surface area contributed by atoms with Crippen molar-refractivity contribution in [2.75, 3.05) is 12.3 Å². The highest BCUT2D eigenvalue weighted by atomic mass is 16.5. The van der Waals surface area contributed by atoms with Gasteiger partial charge in [0.2, 0.25) is 0 Å². The Balaban J connectivity index is 2.22. The summed E-state index contributed by atoms with van der Waals surface area (Å²) < 4.78 is 6.71. The van der Waals surface area contributed by atoms with Gasteiger partial charge >= 0.3 is 5.97 Å². The average Bonchev–Trinajstić information content (AvgIpc) is 2.90. The molecule has 2 rings (SSSR count). The number of hydrogen-bond acceptors (Lipinski definition) is 5. The number of anilines is 1. The van der Waals surface area contributed by atoms with E-state index in [1.165, 1.54) is 0 Å². The highest BCUT2D eigenvalue weighted by Gasteiger charge is 2.15. The molecule has 0 saturated carbocycles. The summed E-state index contributed by atoms with van der Waals surface area (Å²) in [6.45, 7) is 6.38. The molecule has 0 aliphatic carbocycles. The summed E-state index contributed by atoms with van der Waals surface area (Å²) in [5, 5.41) is 4.59. The molecular weight excluding hydrogens is 280 g/mol. The van der Waals surface area contributed by atoms with Crippen LogP contribution in [0.5, 0.6) is 0 Å². The summed E-state index contributed by atoms with van der Waals surface area (Å²) in [5.41, 5.74) is 8.29. The number of nitrogens with zero attached hydrogens (tertiary/aromatic N) is 3. The second kappa shape index (κ2) is 7.06. The molecule has 0 aliphatic rings. The van der Waals surface area contributed by atoms with Crippen molar-refractivity contribution in [1.82, 2.24) is 14.8 Å². The van der Waals surface area contributed by atoms with E-state index in [2.05, 4.69) is 23.9 Å². The molecule has 0 amide bonds. The highest BCUT2D eigenvalue weighted by Crippen LogP contribution is 2.21. The third-order valence-corrected chi connectivity index (χ3v) is 3.28. The predicted octanol–water partition coefficient (Wildman–Crippen LogP) is 2.47. The van der Waals surface area contributed by atoms with Crippen molar-refractivity contribution < 1.29 is 9.53 Å². The Kier molecular flexibility index (Phi) is 5.14. The van der Waals surface area contributed by atoms with E-state index in [4.69, 9.17) is 10.5 Å². The van der Waals surface area contributed by atoms with E-state index in [0.717, 1.165) is 11.3 Å². The maximum Gasteiger partial charge on any atom is 0.306 e. The molecule has 0 aromatic carbocycles. The van der Waals surface area contributed by atoms with E-state index in [0.29, 0.717) is 31.0 Å². The van der Waals surface area contributed by atoms with E-state index in [1.54, 1.807) is 16.9 Å². The molecule has 0 radical (unpaired) electrons. The van der Waals surface area contributed by atoms with Crippen molar-refractivity contribution in [3.05, 3.63) is 35.8 Å². The van der Waals surface area contributed by atoms with Gasteiger partial charge in [0, 0.05) is 12.6 Å². The molecule has 22 heavy (non-hydrogen) atoms. The standard InChI is InChI=1S/C16H22N4O2/c1-4-22-15(21)8-5-12-10-20(19-16(12)11(2)3)14-7-6-13(17)9-18-14/h6-7,9-11H,4-5,8,17H2,1-3H3. The third kappa shape index (κ3) is 3.84. The number of nitrogen functional groups attached to an aromatic ring is 1. The molecule has 0 saturated heterocycles. The first-order valence-electron chi connectivity index (χ1n) is 7.47. The minimum Gasteiger partial charge on any atom is -0.466 e. The van der Waals surface area contributed by atoms with Crippen molar-refractivity contribution in [3.8, 4) is 5.82 Å². The maximum atomic E-state index is 11.5. The fourth-order valence-corrected chi connectivity index (χ4v) is 2.22. The summed E-state index contributed by atoms with van der Waals surface area (Å²) in [6.07, 6.45) is 4.49. The van der Waals surface area contributed by atoms with Gasteiger partial charge in [-0.25, -0.2) is 9.67 Å². The Hall–Kier alpha value is -2.37. The molecule has 0 bridgehead atoms. The third-order valence-electron chi connectivity index (χ3n) is 3.28. The van der Waals surface area contributed by atoms with E-state index in [-0.39, 0.29) is 11.9 Å². The quantitative estimate of drug-likeness (QED) is 0.829. The SMILES string of the molecule is CCOC(=O)CCc1cn(-c2ccc(N)cn2)nc1C(C)C. The highest BCUT2D eigenvalue weighted by molar-refractivity contribution is 5.69. The molecule has 6 nitrogen and oxygen atoms in total. The van der Waals surface area contributed by atoms with Crippen LogP contribution in [0.3, 0.4) is 0 Å². The number of aryl methyl sites for hydroxylation is 1. The zero-order chi connectivity index (χ0) is 16.1. The van der Waals surface area contributed by atoms with Crippen LogP contribution in [-0.4, -0.2) is 27.3 Å². The number of hydrogen-bond donors (Lipinski definition) is 1. The number of ether oxygens (including phenoxy) is 1. The number of carbonyl (C=O) groups is 1. The summed E-state index contributed by atoms with van der Waals surface area (Å²) in [6, 6.07) is 3.61. The first kappa shape index (κ1) is 16.0. The molecular formula is C16H22N4O2. The molecule has 2 aromatic rings. The summed E-state index contributed by atoms with van der Waals surface area (Å²) >= 11 is 0. The van der Waals surface area contributed by atoms with Gasteiger partial charge in [0.05, 0.1) is 24.2 Å². The van der Waals surface area contributed by atoms with Crippen LogP contribution in [0.4, 0.5) is 5.69 Å². The summed E-state index contributed by atoms with van der Waals surface area (Å²) in [5.74, 6) is 0.793. The minimum atomic E-state index is -0.185. The van der Waals surface area contributed by atoms with Gasteiger partial charge in [-0.15, -0.1) is 0 Å². The Morgan fingerprint density at radius 2 is 2.18 bits per heavy atom. The largest absolute Gasteiger partial charge is 0.466 e. The molecule has 0 unspecified atom stereocenters. The first-order valence-corrected chi connectivity index (χ1v) is 7.47. The second-order valence-corrected chi connectivity index (χ2v) is 5.39. The number of aromatic nitrogens is 3. The minimum absolute atomic E-state index is 0.185. The second-order valence-electron chi connectivity index (χ2n) is 5.39. The molecule has 2 heterocycles. The lowest BCUT2D eigenvalue weighted by atomic mass is 10.0. The lowest BCUT2D eigenvalue weighted by Crippen LogP contribution is -2.06. The van der Waals surface area contributed by atoms with Crippen LogP contribution in [0.25, 0.3) is 5.82 Å². The molecule has 0 spiro atoms. The van der Waals surface area contributed by atoms with Crippen LogP contribution >= 0.6 is 0 Å². The zero-order valence-electron chi connectivity index (χ0n) is 13.2. The molecule has 2 N–H and O–H groups in total. The predicted molar refractivity (Wildman–Crippen MR) is 84.8 cm³/mol. The Morgan fingerprint density at radius 3 is 2.77 bits per heavy atom. The van der Waals surface area contributed by atoms with Gasteiger partial charge in [0.1, 0.15) is 0 Å². The molecule has 2 aromatic heterocycles. The lowest BCUT2D eigenvalue weighted by Gasteiger charge is -2.04. The first-order chi connectivity index (χ1) is 10.5. The van der Waals surface area contributed by atoms with Crippen molar-refractivity contribution in [1.29, 1.82) is 0 Å². The molecule has 0 atom stereocenters. The van der Waals surface area contributed by atoms with E-state index >= 15 is 0 Å². The number of esters is 1. The van der Waals surface area contributed by atoms with Crippen LogP contribution < -0.4 is 5.73 Å². The fourth-order valence-electron chi connectivity index (χ4n) is 2.22. The van der Waals surface area contributed by atoms with E-state index in [1.807, 2.05) is 19.2 Å².